The third-order valence-electron chi connectivity index (χ3n) is 3.60. The molecule has 0 aliphatic carbocycles. The summed E-state index contributed by atoms with van der Waals surface area (Å²) in [6.45, 7) is 5.63. The van der Waals surface area contributed by atoms with Gasteiger partial charge in [0, 0.05) is 30.9 Å². The summed E-state index contributed by atoms with van der Waals surface area (Å²) < 4.78 is 9.06. The van der Waals surface area contributed by atoms with Crippen LogP contribution in [0.5, 0.6) is 5.75 Å². The number of rotatable bonds is 7. The van der Waals surface area contributed by atoms with Crippen molar-refractivity contribution in [3.05, 3.63) is 47.9 Å². The number of aryl methyl sites for hydroxylation is 2. The van der Waals surface area contributed by atoms with Crippen LogP contribution in [0.3, 0.4) is 0 Å². The summed E-state index contributed by atoms with van der Waals surface area (Å²) in [5, 5.41) is 18.4. The Morgan fingerprint density at radius 1 is 1.16 bits per heavy atom. The Morgan fingerprint density at radius 2 is 1.96 bits per heavy atom. The molecule has 1 N–H and O–H groups in total. The first kappa shape index (κ1) is 16.6. The third kappa shape index (κ3) is 4.00. The van der Waals surface area contributed by atoms with Crippen molar-refractivity contribution in [3.63, 3.8) is 0 Å². The van der Waals surface area contributed by atoms with Crippen LogP contribution in [0.2, 0.25) is 0 Å². The maximum atomic E-state index is 12.2. The normalized spacial score (nSPS) is 10.6. The maximum absolute atomic E-state index is 12.2. The van der Waals surface area contributed by atoms with Crippen molar-refractivity contribution < 1.29 is 9.53 Å². The molecule has 0 radical (unpaired) electrons. The molecule has 9 nitrogen and oxygen atoms in total. The van der Waals surface area contributed by atoms with Crippen LogP contribution >= 0.6 is 0 Å². The van der Waals surface area contributed by atoms with E-state index in [1.807, 2.05) is 20.0 Å². The minimum Gasteiger partial charge on any atom is -0.486 e. The van der Waals surface area contributed by atoms with E-state index in [4.69, 9.17) is 4.74 Å². The Labute approximate surface area is 144 Å². The number of tetrazole rings is 1. The standard InChI is InChI=1S/C16H19N7O2/c1-3-22-10-9-14(19-22)17-16(24)12-5-7-13(8-6-12)25-11-15-18-20-21-23(15)4-2/h5-10H,3-4,11H2,1-2H3,(H,17,19,24). The van der Waals surface area contributed by atoms with Gasteiger partial charge < -0.3 is 10.1 Å². The molecule has 0 aliphatic heterocycles. The first-order chi connectivity index (χ1) is 12.2. The van der Waals surface area contributed by atoms with Crippen molar-refractivity contribution in [2.75, 3.05) is 5.32 Å². The van der Waals surface area contributed by atoms with E-state index in [1.165, 1.54) is 0 Å². The molecule has 130 valence electrons. The van der Waals surface area contributed by atoms with Gasteiger partial charge in [0.05, 0.1) is 0 Å². The molecule has 0 aliphatic rings. The molecule has 1 amide bonds. The number of ether oxygens (including phenoxy) is 1. The second-order valence-electron chi connectivity index (χ2n) is 5.23. The van der Waals surface area contributed by atoms with E-state index in [2.05, 4.69) is 25.9 Å². The highest BCUT2D eigenvalue weighted by atomic mass is 16.5. The van der Waals surface area contributed by atoms with Crippen LogP contribution in [0.15, 0.2) is 36.5 Å². The maximum Gasteiger partial charge on any atom is 0.256 e. The highest BCUT2D eigenvalue weighted by Crippen LogP contribution is 2.15. The molecule has 0 saturated heterocycles. The predicted octanol–water partition coefficient (Wildman–Crippen LogP) is 1.74. The van der Waals surface area contributed by atoms with Crippen molar-refractivity contribution in [1.29, 1.82) is 0 Å². The molecule has 0 fully saturated rings. The second kappa shape index (κ2) is 7.56. The molecule has 3 aromatic rings. The minimum absolute atomic E-state index is 0.220. The summed E-state index contributed by atoms with van der Waals surface area (Å²) in [5.41, 5.74) is 0.525. The average molecular weight is 341 g/mol. The number of nitrogens with one attached hydrogen (secondary N) is 1. The molecule has 0 bridgehead atoms. The van der Waals surface area contributed by atoms with Gasteiger partial charge in [-0.25, -0.2) is 4.68 Å². The topological polar surface area (TPSA) is 99.8 Å². The Bertz CT molecular complexity index is 838. The van der Waals surface area contributed by atoms with Crippen LogP contribution in [0.4, 0.5) is 5.82 Å². The quantitative estimate of drug-likeness (QED) is 0.703. The van der Waals surface area contributed by atoms with Gasteiger partial charge >= 0.3 is 0 Å². The van der Waals surface area contributed by atoms with Crippen molar-refractivity contribution in [1.82, 2.24) is 30.0 Å². The summed E-state index contributed by atoms with van der Waals surface area (Å²) in [7, 11) is 0. The van der Waals surface area contributed by atoms with Gasteiger partial charge in [-0.05, 0) is 48.5 Å². The van der Waals surface area contributed by atoms with Crippen LogP contribution in [0, 0.1) is 0 Å². The van der Waals surface area contributed by atoms with Crippen LogP contribution < -0.4 is 10.1 Å². The molecule has 0 atom stereocenters. The van der Waals surface area contributed by atoms with E-state index in [1.54, 1.807) is 39.7 Å². The molecular formula is C16H19N7O2. The summed E-state index contributed by atoms with van der Waals surface area (Å²) in [4.78, 5) is 12.2. The fourth-order valence-electron chi connectivity index (χ4n) is 2.22. The number of carbonyl (C=O) groups is 1. The van der Waals surface area contributed by atoms with Gasteiger partial charge in [0.25, 0.3) is 5.91 Å². The van der Waals surface area contributed by atoms with Gasteiger partial charge in [-0.1, -0.05) is 0 Å². The summed E-state index contributed by atoms with van der Waals surface area (Å²) in [6, 6.07) is 8.63. The van der Waals surface area contributed by atoms with Crippen molar-refractivity contribution in [3.8, 4) is 5.75 Å². The number of benzene rings is 1. The zero-order valence-electron chi connectivity index (χ0n) is 14.1. The molecule has 3 rings (SSSR count). The Hall–Kier alpha value is -3.23. The largest absolute Gasteiger partial charge is 0.486 e. The summed E-state index contributed by atoms with van der Waals surface area (Å²) >= 11 is 0. The third-order valence-corrected chi connectivity index (χ3v) is 3.60. The lowest BCUT2D eigenvalue weighted by Crippen LogP contribution is -2.12. The first-order valence-electron chi connectivity index (χ1n) is 8.02. The second-order valence-corrected chi connectivity index (χ2v) is 5.23. The molecule has 0 spiro atoms. The number of hydrogen-bond donors (Lipinski definition) is 1. The smallest absolute Gasteiger partial charge is 0.256 e. The zero-order valence-corrected chi connectivity index (χ0v) is 14.1. The fraction of sp³-hybridized carbons (Fsp3) is 0.312. The Morgan fingerprint density at radius 3 is 2.64 bits per heavy atom. The van der Waals surface area contributed by atoms with Crippen molar-refractivity contribution in [2.45, 2.75) is 33.5 Å². The van der Waals surface area contributed by atoms with E-state index < -0.39 is 0 Å². The van der Waals surface area contributed by atoms with Gasteiger partial charge in [-0.2, -0.15) is 5.10 Å². The SMILES string of the molecule is CCn1ccc(NC(=O)c2ccc(OCc3nnnn3CC)cc2)n1. The van der Waals surface area contributed by atoms with Crippen LogP contribution in [0.1, 0.15) is 30.0 Å². The minimum atomic E-state index is -0.220. The van der Waals surface area contributed by atoms with E-state index in [9.17, 15) is 4.79 Å². The zero-order chi connectivity index (χ0) is 17.6. The number of anilines is 1. The number of carbonyl (C=O) groups excluding carboxylic acids is 1. The number of hydrogen-bond acceptors (Lipinski definition) is 6. The highest BCUT2D eigenvalue weighted by molar-refractivity contribution is 6.03. The van der Waals surface area contributed by atoms with Gasteiger partial charge in [0.1, 0.15) is 12.4 Å². The number of amides is 1. The number of aromatic nitrogens is 6. The van der Waals surface area contributed by atoms with E-state index in [0.29, 0.717) is 29.5 Å². The van der Waals surface area contributed by atoms with Crippen LogP contribution in [0.25, 0.3) is 0 Å². The monoisotopic (exact) mass is 341 g/mol. The molecule has 2 aromatic heterocycles. The summed E-state index contributed by atoms with van der Waals surface area (Å²) in [5.74, 6) is 1.59. The summed E-state index contributed by atoms with van der Waals surface area (Å²) in [6.07, 6.45) is 1.82. The van der Waals surface area contributed by atoms with Crippen molar-refractivity contribution >= 4 is 11.7 Å². The molecule has 2 heterocycles. The Kier molecular flexibility index (Phi) is 5.03. The average Bonchev–Trinajstić information content (AvgIpc) is 3.29. The molecule has 1 aromatic carbocycles. The fourth-order valence-corrected chi connectivity index (χ4v) is 2.22. The van der Waals surface area contributed by atoms with Gasteiger partial charge in [0.2, 0.25) is 0 Å². The van der Waals surface area contributed by atoms with Gasteiger partial charge in [-0.3, -0.25) is 9.48 Å². The predicted molar refractivity (Wildman–Crippen MR) is 90.1 cm³/mol. The van der Waals surface area contributed by atoms with Gasteiger partial charge in [-0.15, -0.1) is 5.10 Å². The van der Waals surface area contributed by atoms with Crippen molar-refractivity contribution in [2.24, 2.45) is 0 Å². The Balaban J connectivity index is 1.58. The molecule has 25 heavy (non-hydrogen) atoms. The molecule has 0 unspecified atom stereocenters. The van der Waals surface area contributed by atoms with Gasteiger partial charge in [0.15, 0.2) is 11.6 Å². The van der Waals surface area contributed by atoms with E-state index in [-0.39, 0.29) is 12.5 Å². The van der Waals surface area contributed by atoms with E-state index in [0.717, 1.165) is 6.54 Å². The van der Waals surface area contributed by atoms with Crippen LogP contribution in [-0.2, 0) is 19.7 Å². The van der Waals surface area contributed by atoms with E-state index >= 15 is 0 Å². The molecule has 9 heteroatoms. The lowest BCUT2D eigenvalue weighted by atomic mass is 10.2. The van der Waals surface area contributed by atoms with Crippen LogP contribution in [-0.4, -0.2) is 35.9 Å². The number of nitrogens with zero attached hydrogens (tertiary/aromatic N) is 6. The molecule has 0 saturated carbocycles. The lowest BCUT2D eigenvalue weighted by Gasteiger charge is -2.07. The lowest BCUT2D eigenvalue weighted by molar-refractivity contribution is 0.102. The molecular weight excluding hydrogens is 322 g/mol. The first-order valence-corrected chi connectivity index (χ1v) is 8.02. The highest BCUT2D eigenvalue weighted by Gasteiger charge is 2.09.